The van der Waals surface area contributed by atoms with Gasteiger partial charge in [-0.05, 0) is 37.5 Å². The summed E-state index contributed by atoms with van der Waals surface area (Å²) in [4.78, 5) is 29.9. The number of rotatable bonds is 7. The molecule has 0 bridgehead atoms. The molecule has 1 amide bonds. The highest BCUT2D eigenvalue weighted by Crippen LogP contribution is 2.39. The van der Waals surface area contributed by atoms with Crippen LogP contribution in [0.5, 0.6) is 0 Å². The molecule has 1 aliphatic heterocycles. The maximum absolute atomic E-state index is 13.5. The van der Waals surface area contributed by atoms with E-state index < -0.39 is 11.9 Å². The van der Waals surface area contributed by atoms with Crippen molar-refractivity contribution >= 4 is 52.2 Å². The Labute approximate surface area is 236 Å². The Morgan fingerprint density at radius 1 is 1.13 bits per heavy atom. The first kappa shape index (κ1) is 27.9. The number of thiophene rings is 1. The maximum Gasteiger partial charge on any atom is 0.341 e. The number of benzene rings is 2. The van der Waals surface area contributed by atoms with Gasteiger partial charge in [-0.25, -0.2) is 4.79 Å². The van der Waals surface area contributed by atoms with Crippen LogP contribution in [0.15, 0.2) is 59.1 Å². The highest BCUT2D eigenvalue weighted by atomic mass is 35.5. The van der Waals surface area contributed by atoms with Gasteiger partial charge in [-0.2, -0.15) is 0 Å². The molecule has 0 atom stereocenters. The van der Waals surface area contributed by atoms with Crippen molar-refractivity contribution in [1.82, 2.24) is 10.1 Å². The van der Waals surface area contributed by atoms with Crippen molar-refractivity contribution in [2.24, 2.45) is 0 Å². The summed E-state index contributed by atoms with van der Waals surface area (Å²) in [5.41, 5.74) is 3.84. The van der Waals surface area contributed by atoms with Gasteiger partial charge < -0.3 is 14.6 Å². The smallest absolute Gasteiger partial charge is 0.341 e. The molecule has 4 aromatic rings. The molecule has 5 rings (SSSR count). The molecule has 0 spiro atoms. The zero-order chi connectivity index (χ0) is 25.9. The number of fused-ring (bicyclic) bond motifs is 1. The molecule has 0 radical (unpaired) electrons. The summed E-state index contributed by atoms with van der Waals surface area (Å²) in [6.45, 7) is 6.00. The molecular weight excluding hydrogens is 545 g/mol. The van der Waals surface area contributed by atoms with Crippen molar-refractivity contribution in [3.8, 4) is 11.3 Å². The minimum Gasteiger partial charge on any atom is -0.462 e. The van der Waals surface area contributed by atoms with Crippen LogP contribution in [0.25, 0.3) is 11.3 Å². The quantitative estimate of drug-likeness (QED) is 0.246. The van der Waals surface area contributed by atoms with Gasteiger partial charge >= 0.3 is 5.97 Å². The van der Waals surface area contributed by atoms with Crippen molar-refractivity contribution in [1.29, 1.82) is 0 Å². The van der Waals surface area contributed by atoms with E-state index in [0.29, 0.717) is 45.6 Å². The number of esters is 1. The topological polar surface area (TPSA) is 84.7 Å². The van der Waals surface area contributed by atoms with Crippen molar-refractivity contribution in [2.45, 2.75) is 33.4 Å². The van der Waals surface area contributed by atoms with Crippen LogP contribution in [0.3, 0.4) is 0 Å². The third kappa shape index (κ3) is 5.63. The van der Waals surface area contributed by atoms with E-state index in [9.17, 15) is 9.59 Å². The zero-order valence-electron chi connectivity index (χ0n) is 21.0. The molecule has 38 heavy (non-hydrogen) atoms. The number of amides is 1. The average Bonchev–Trinajstić information content (AvgIpc) is 3.44. The number of carbonyl (C=O) groups is 2. The van der Waals surface area contributed by atoms with Crippen LogP contribution in [0.2, 0.25) is 5.02 Å². The number of aryl methyl sites for hydroxylation is 1. The number of anilines is 1. The van der Waals surface area contributed by atoms with E-state index in [1.165, 1.54) is 16.9 Å². The fraction of sp³-hybridized carbons (Fsp3) is 0.250. The number of aromatic nitrogens is 1. The summed E-state index contributed by atoms with van der Waals surface area (Å²) in [5.74, 6) is -0.486. The van der Waals surface area contributed by atoms with Gasteiger partial charge in [-0.15, -0.1) is 23.7 Å². The second kappa shape index (κ2) is 12.1. The number of nitrogens with one attached hydrogen (secondary N) is 1. The first-order chi connectivity index (χ1) is 18.0. The Morgan fingerprint density at radius 3 is 2.61 bits per heavy atom. The zero-order valence-corrected chi connectivity index (χ0v) is 23.3. The van der Waals surface area contributed by atoms with Crippen LogP contribution in [-0.4, -0.2) is 35.1 Å². The van der Waals surface area contributed by atoms with E-state index in [2.05, 4.69) is 27.5 Å². The van der Waals surface area contributed by atoms with Gasteiger partial charge in [0.2, 0.25) is 0 Å². The Balaban J connectivity index is 0.00000336. The molecule has 1 aliphatic rings. The average molecular weight is 573 g/mol. The van der Waals surface area contributed by atoms with E-state index in [1.807, 2.05) is 24.3 Å². The van der Waals surface area contributed by atoms with Gasteiger partial charge in [0.15, 0.2) is 0 Å². The van der Waals surface area contributed by atoms with Crippen molar-refractivity contribution in [2.75, 3.05) is 18.5 Å². The summed E-state index contributed by atoms with van der Waals surface area (Å²) in [5, 5.41) is 7.99. The summed E-state index contributed by atoms with van der Waals surface area (Å²) in [6, 6.07) is 17.4. The largest absolute Gasteiger partial charge is 0.462 e. The Bertz CT molecular complexity index is 1450. The minimum absolute atomic E-state index is 0. The van der Waals surface area contributed by atoms with Gasteiger partial charge in [0.05, 0.1) is 17.2 Å². The third-order valence-electron chi connectivity index (χ3n) is 6.31. The highest BCUT2D eigenvalue weighted by molar-refractivity contribution is 7.17. The normalized spacial score (nSPS) is 12.9. The SMILES string of the molecule is CCOC(=O)c1c(NC(=O)c2c(-c3ccccc3Cl)noc2C)sc2c1CCN(Cc1ccccc1)C2.Cl. The lowest BCUT2D eigenvalue weighted by atomic mass is 10.0. The standard InChI is InChI=1S/C28H26ClN3O4S.ClH/c1-3-35-28(34)24-20-13-14-32(15-18-9-5-4-6-10-18)16-22(20)37-27(24)30-26(33)23-17(2)36-31-25(23)19-11-7-8-12-21(19)29;/h4-12H,3,13-16H2,1-2H3,(H,30,33);1H. The van der Waals surface area contributed by atoms with E-state index >= 15 is 0 Å². The monoisotopic (exact) mass is 571 g/mol. The Hall–Kier alpha value is -3.17. The van der Waals surface area contributed by atoms with Crippen molar-refractivity contribution < 1.29 is 18.8 Å². The van der Waals surface area contributed by atoms with Gasteiger partial charge in [0, 0.05) is 30.1 Å². The van der Waals surface area contributed by atoms with E-state index in [-0.39, 0.29) is 24.6 Å². The molecule has 0 saturated heterocycles. The lowest BCUT2D eigenvalue weighted by molar-refractivity contribution is 0.0526. The predicted molar refractivity (Wildman–Crippen MR) is 151 cm³/mol. The fourth-order valence-electron chi connectivity index (χ4n) is 4.58. The molecule has 2 aromatic heterocycles. The molecule has 7 nitrogen and oxygen atoms in total. The molecule has 2 aromatic carbocycles. The number of halogens is 2. The summed E-state index contributed by atoms with van der Waals surface area (Å²) in [7, 11) is 0. The molecule has 0 aliphatic carbocycles. The van der Waals surface area contributed by atoms with Gasteiger partial charge in [-0.3, -0.25) is 9.69 Å². The van der Waals surface area contributed by atoms with E-state index in [0.717, 1.165) is 23.5 Å². The molecular formula is C28H27Cl2N3O4S. The molecule has 10 heteroatoms. The lowest BCUT2D eigenvalue weighted by Gasteiger charge is -2.27. The van der Waals surface area contributed by atoms with Crippen molar-refractivity contribution in [3.63, 3.8) is 0 Å². The molecule has 0 fully saturated rings. The van der Waals surface area contributed by atoms with Crippen LogP contribution in [-0.2, 0) is 24.2 Å². The van der Waals surface area contributed by atoms with Gasteiger partial charge in [0.25, 0.3) is 5.91 Å². The number of nitrogens with zero attached hydrogens (tertiary/aromatic N) is 2. The molecule has 1 N–H and O–H groups in total. The Morgan fingerprint density at radius 2 is 1.87 bits per heavy atom. The Kier molecular flexibility index (Phi) is 8.89. The first-order valence-corrected chi connectivity index (χ1v) is 13.3. The predicted octanol–water partition coefficient (Wildman–Crippen LogP) is 6.77. The summed E-state index contributed by atoms with van der Waals surface area (Å²) >= 11 is 7.78. The van der Waals surface area contributed by atoms with Gasteiger partial charge in [0.1, 0.15) is 22.0 Å². The lowest BCUT2D eigenvalue weighted by Crippen LogP contribution is -2.29. The number of carbonyl (C=O) groups excluding carboxylic acids is 2. The van der Waals surface area contributed by atoms with Gasteiger partial charge in [-0.1, -0.05) is 65.3 Å². The van der Waals surface area contributed by atoms with Crippen LogP contribution in [0, 0.1) is 6.92 Å². The van der Waals surface area contributed by atoms with E-state index in [1.54, 1.807) is 32.0 Å². The fourth-order valence-corrected chi connectivity index (χ4v) is 6.08. The minimum atomic E-state index is -0.430. The van der Waals surface area contributed by atoms with E-state index in [4.69, 9.17) is 20.9 Å². The molecule has 0 saturated carbocycles. The van der Waals surface area contributed by atoms with Crippen LogP contribution in [0.4, 0.5) is 5.00 Å². The molecule has 198 valence electrons. The van der Waals surface area contributed by atoms with Crippen LogP contribution in [0.1, 0.15) is 49.4 Å². The van der Waals surface area contributed by atoms with Crippen LogP contribution >= 0.6 is 35.3 Å². The second-order valence-electron chi connectivity index (χ2n) is 8.77. The molecule has 3 heterocycles. The van der Waals surface area contributed by atoms with Crippen LogP contribution < -0.4 is 5.32 Å². The summed E-state index contributed by atoms with van der Waals surface area (Å²) in [6.07, 6.45) is 0.694. The number of ether oxygens (including phenoxy) is 1. The van der Waals surface area contributed by atoms with Crippen molar-refractivity contribution in [3.05, 3.63) is 92.5 Å². The number of hydrogen-bond donors (Lipinski definition) is 1. The first-order valence-electron chi connectivity index (χ1n) is 12.1. The highest BCUT2D eigenvalue weighted by Gasteiger charge is 2.31. The summed E-state index contributed by atoms with van der Waals surface area (Å²) < 4.78 is 10.7. The molecule has 0 unspecified atom stereocenters. The second-order valence-corrected chi connectivity index (χ2v) is 10.3. The number of hydrogen-bond acceptors (Lipinski definition) is 7. The maximum atomic E-state index is 13.5. The third-order valence-corrected chi connectivity index (χ3v) is 7.77.